The van der Waals surface area contributed by atoms with Crippen molar-refractivity contribution >= 4 is 27.7 Å². The van der Waals surface area contributed by atoms with Crippen molar-refractivity contribution in [3.05, 3.63) is 22.3 Å². The predicted octanol–water partition coefficient (Wildman–Crippen LogP) is 3.55. The lowest BCUT2D eigenvalue weighted by molar-refractivity contribution is -0.125. The van der Waals surface area contributed by atoms with Gasteiger partial charge in [-0.3, -0.25) is 9.69 Å². The largest absolute Gasteiger partial charge is 0.297 e. The molecule has 3 nitrogen and oxygen atoms in total. The molecule has 0 atom stereocenters. The Hall–Kier alpha value is -0.900. The number of amides is 1. The van der Waals surface area contributed by atoms with Crippen LogP contribution in [0, 0.1) is 12.3 Å². The average molecular weight is 299 g/mol. The van der Waals surface area contributed by atoms with E-state index in [1.807, 2.05) is 40.7 Å². The highest BCUT2D eigenvalue weighted by molar-refractivity contribution is 9.10. The molecule has 1 aromatic rings. The van der Waals surface area contributed by atoms with Gasteiger partial charge < -0.3 is 0 Å². The van der Waals surface area contributed by atoms with E-state index in [0.29, 0.717) is 12.4 Å². The summed E-state index contributed by atoms with van der Waals surface area (Å²) in [6, 6.07) is 1.93. The number of hydrogen-bond donors (Lipinski definition) is 0. The number of anilines is 1. The third kappa shape index (κ3) is 3.28. The highest BCUT2D eigenvalue weighted by Crippen LogP contribution is 2.24. The van der Waals surface area contributed by atoms with Crippen LogP contribution in [0.25, 0.3) is 0 Å². The maximum atomic E-state index is 12.3. The van der Waals surface area contributed by atoms with Crippen LogP contribution in [0.1, 0.15) is 33.3 Å². The molecule has 0 N–H and O–H groups in total. The van der Waals surface area contributed by atoms with Crippen molar-refractivity contribution in [1.82, 2.24) is 4.98 Å². The zero-order valence-electron chi connectivity index (χ0n) is 11.0. The normalized spacial score (nSPS) is 11.4. The van der Waals surface area contributed by atoms with Crippen molar-refractivity contribution in [3.8, 4) is 0 Å². The molecule has 0 aromatic carbocycles. The molecular formula is C13H19BrN2O. The average Bonchev–Trinajstić information content (AvgIpc) is 2.23. The number of rotatable bonds is 2. The summed E-state index contributed by atoms with van der Waals surface area (Å²) in [5.74, 6) is 0.808. The minimum Gasteiger partial charge on any atom is -0.297 e. The molecule has 0 saturated heterocycles. The second-order valence-corrected chi connectivity index (χ2v) is 5.95. The van der Waals surface area contributed by atoms with Crippen LogP contribution >= 0.6 is 15.9 Å². The second kappa shape index (κ2) is 5.17. The van der Waals surface area contributed by atoms with E-state index in [-0.39, 0.29) is 5.91 Å². The fraction of sp³-hybridized carbons (Fsp3) is 0.538. The van der Waals surface area contributed by atoms with Crippen LogP contribution < -0.4 is 4.90 Å². The number of nitrogens with zero attached hydrogens (tertiary/aromatic N) is 2. The van der Waals surface area contributed by atoms with Crippen LogP contribution in [-0.4, -0.2) is 17.4 Å². The number of hydrogen-bond acceptors (Lipinski definition) is 2. The van der Waals surface area contributed by atoms with E-state index in [1.165, 1.54) is 0 Å². The number of pyridine rings is 1. The van der Waals surface area contributed by atoms with Crippen LogP contribution in [0.5, 0.6) is 0 Å². The maximum absolute atomic E-state index is 12.3. The quantitative estimate of drug-likeness (QED) is 0.836. The van der Waals surface area contributed by atoms with Gasteiger partial charge in [-0.1, -0.05) is 20.8 Å². The Bertz CT molecular complexity index is 424. The first-order chi connectivity index (χ1) is 7.77. The van der Waals surface area contributed by atoms with Crippen LogP contribution in [0.15, 0.2) is 16.7 Å². The van der Waals surface area contributed by atoms with Crippen LogP contribution in [0.4, 0.5) is 5.82 Å². The predicted molar refractivity (Wildman–Crippen MR) is 74.2 cm³/mol. The smallest absolute Gasteiger partial charge is 0.233 e. The third-order valence-corrected chi connectivity index (χ3v) is 3.34. The van der Waals surface area contributed by atoms with E-state index in [1.54, 1.807) is 11.1 Å². The second-order valence-electron chi connectivity index (χ2n) is 5.09. The lowest BCUT2D eigenvalue weighted by Gasteiger charge is -2.27. The van der Waals surface area contributed by atoms with E-state index in [9.17, 15) is 4.79 Å². The van der Waals surface area contributed by atoms with E-state index in [0.717, 1.165) is 10.0 Å². The van der Waals surface area contributed by atoms with Gasteiger partial charge in [0.1, 0.15) is 5.82 Å². The number of carbonyl (C=O) groups excluding carboxylic acids is 1. The van der Waals surface area contributed by atoms with Crippen molar-refractivity contribution in [3.63, 3.8) is 0 Å². The molecule has 1 heterocycles. The Balaban J connectivity index is 3.10. The molecule has 0 aliphatic rings. The summed E-state index contributed by atoms with van der Waals surface area (Å²) < 4.78 is 0.959. The summed E-state index contributed by atoms with van der Waals surface area (Å²) in [4.78, 5) is 18.3. The SMILES string of the molecule is CCN(C(=O)C(C)(C)C)c1cc(C)c(Br)cn1. The first kappa shape index (κ1) is 14.2. The molecule has 0 spiro atoms. The number of aryl methyl sites for hydroxylation is 1. The van der Waals surface area contributed by atoms with Crippen LogP contribution in [0.2, 0.25) is 0 Å². The monoisotopic (exact) mass is 298 g/mol. The van der Waals surface area contributed by atoms with Gasteiger partial charge in [0.15, 0.2) is 0 Å². The van der Waals surface area contributed by atoms with E-state index in [4.69, 9.17) is 0 Å². The van der Waals surface area contributed by atoms with Gasteiger partial charge in [-0.25, -0.2) is 4.98 Å². The Morgan fingerprint density at radius 2 is 2.06 bits per heavy atom. The summed E-state index contributed by atoms with van der Waals surface area (Å²) >= 11 is 3.41. The van der Waals surface area contributed by atoms with Crippen molar-refractivity contribution in [1.29, 1.82) is 0 Å². The molecule has 1 rings (SSSR count). The molecule has 0 radical (unpaired) electrons. The van der Waals surface area contributed by atoms with Crippen molar-refractivity contribution in [2.24, 2.45) is 5.41 Å². The molecule has 0 fully saturated rings. The van der Waals surface area contributed by atoms with Gasteiger partial charge in [0.05, 0.1) is 0 Å². The Labute approximate surface area is 111 Å². The molecule has 1 amide bonds. The third-order valence-electron chi connectivity index (χ3n) is 2.51. The zero-order chi connectivity index (χ0) is 13.2. The summed E-state index contributed by atoms with van der Waals surface area (Å²) in [6.45, 7) is 10.3. The molecule has 0 bridgehead atoms. The molecule has 0 aliphatic carbocycles. The van der Waals surface area contributed by atoms with Crippen molar-refractivity contribution < 1.29 is 4.79 Å². The van der Waals surface area contributed by atoms with Gasteiger partial charge in [-0.15, -0.1) is 0 Å². The lowest BCUT2D eigenvalue weighted by atomic mass is 9.94. The molecule has 17 heavy (non-hydrogen) atoms. The molecule has 0 unspecified atom stereocenters. The zero-order valence-corrected chi connectivity index (χ0v) is 12.6. The minimum absolute atomic E-state index is 0.0919. The Morgan fingerprint density at radius 3 is 2.47 bits per heavy atom. The lowest BCUT2D eigenvalue weighted by Crippen LogP contribution is -2.40. The highest BCUT2D eigenvalue weighted by Gasteiger charge is 2.28. The summed E-state index contributed by atoms with van der Waals surface area (Å²) in [5.41, 5.74) is 0.689. The maximum Gasteiger partial charge on any atom is 0.233 e. The molecule has 1 aromatic heterocycles. The topological polar surface area (TPSA) is 33.2 Å². The van der Waals surface area contributed by atoms with Gasteiger partial charge >= 0.3 is 0 Å². The van der Waals surface area contributed by atoms with Crippen LogP contribution in [-0.2, 0) is 4.79 Å². The van der Waals surface area contributed by atoms with Gasteiger partial charge in [0, 0.05) is 22.6 Å². The fourth-order valence-electron chi connectivity index (χ4n) is 1.49. The number of carbonyl (C=O) groups is 1. The van der Waals surface area contributed by atoms with Gasteiger partial charge in [-0.05, 0) is 41.4 Å². The standard InChI is InChI=1S/C13H19BrN2O/c1-6-16(12(17)13(3,4)5)11-7-9(2)10(14)8-15-11/h7-8H,6H2,1-5H3. The summed E-state index contributed by atoms with van der Waals surface area (Å²) in [6.07, 6.45) is 1.74. The highest BCUT2D eigenvalue weighted by atomic mass is 79.9. The minimum atomic E-state index is -0.390. The van der Waals surface area contributed by atoms with E-state index >= 15 is 0 Å². The molecule has 4 heteroatoms. The van der Waals surface area contributed by atoms with Crippen molar-refractivity contribution in [2.75, 3.05) is 11.4 Å². The van der Waals surface area contributed by atoms with E-state index in [2.05, 4.69) is 20.9 Å². The van der Waals surface area contributed by atoms with Gasteiger partial charge in [0.25, 0.3) is 0 Å². The first-order valence-electron chi connectivity index (χ1n) is 5.71. The van der Waals surface area contributed by atoms with Gasteiger partial charge in [-0.2, -0.15) is 0 Å². The van der Waals surface area contributed by atoms with Crippen molar-refractivity contribution in [2.45, 2.75) is 34.6 Å². The Kier molecular flexibility index (Phi) is 4.31. The Morgan fingerprint density at radius 1 is 1.47 bits per heavy atom. The number of aromatic nitrogens is 1. The van der Waals surface area contributed by atoms with Gasteiger partial charge in [0.2, 0.25) is 5.91 Å². The number of halogens is 1. The summed E-state index contributed by atoms with van der Waals surface area (Å²) in [7, 11) is 0. The molecule has 0 aliphatic heterocycles. The first-order valence-corrected chi connectivity index (χ1v) is 6.50. The molecule has 94 valence electrons. The molecular weight excluding hydrogens is 280 g/mol. The van der Waals surface area contributed by atoms with Crippen LogP contribution in [0.3, 0.4) is 0 Å². The molecule has 0 saturated carbocycles. The summed E-state index contributed by atoms with van der Waals surface area (Å²) in [5, 5.41) is 0. The fourth-order valence-corrected chi connectivity index (χ4v) is 1.70. The van der Waals surface area contributed by atoms with E-state index < -0.39 is 5.41 Å².